The second kappa shape index (κ2) is 4.86. The van der Waals surface area contributed by atoms with Crippen LogP contribution in [0.3, 0.4) is 0 Å². The number of likely N-dealkylation sites (N-methyl/N-ethyl adjacent to an activating group) is 1. The molecule has 5 nitrogen and oxygen atoms in total. The Bertz CT molecular complexity index is 510. The van der Waals surface area contributed by atoms with Gasteiger partial charge in [-0.2, -0.15) is 4.98 Å². The zero-order valence-corrected chi connectivity index (χ0v) is 10.8. The minimum Gasteiger partial charge on any atom is -0.309 e. The number of H-pyrrole nitrogens is 2. The zero-order chi connectivity index (χ0) is 11.5. The first kappa shape index (κ1) is 11.4. The Morgan fingerprint density at radius 2 is 2.19 bits per heavy atom. The third-order valence-electron chi connectivity index (χ3n) is 2.07. The van der Waals surface area contributed by atoms with Gasteiger partial charge in [-0.15, -0.1) is 11.3 Å². The van der Waals surface area contributed by atoms with Gasteiger partial charge >= 0.3 is 0 Å². The molecule has 0 saturated heterocycles. The van der Waals surface area contributed by atoms with Gasteiger partial charge in [0.05, 0.1) is 5.01 Å². The molecule has 0 aliphatic heterocycles. The summed E-state index contributed by atoms with van der Waals surface area (Å²) in [5, 5.41) is 8.76. The Labute approximate surface area is 103 Å². The van der Waals surface area contributed by atoms with Gasteiger partial charge in [-0.25, -0.2) is 4.98 Å². The van der Waals surface area contributed by atoms with Crippen molar-refractivity contribution in [3.8, 4) is 11.5 Å². The fourth-order valence-electron chi connectivity index (χ4n) is 1.25. The fraction of sp³-hybridized carbons (Fsp3) is 0.444. The van der Waals surface area contributed by atoms with Crippen molar-refractivity contribution in [3.63, 3.8) is 0 Å². The molecular weight excluding hydrogens is 242 g/mol. The number of nitrogens with one attached hydrogen (secondary N) is 2. The lowest BCUT2D eigenvalue weighted by Crippen LogP contribution is -2.14. The summed E-state index contributed by atoms with van der Waals surface area (Å²) >= 11 is 6.55. The van der Waals surface area contributed by atoms with Crippen LogP contribution in [0.25, 0.3) is 11.5 Å². The Balaban J connectivity index is 2.10. The van der Waals surface area contributed by atoms with E-state index in [9.17, 15) is 0 Å². The molecule has 0 unspecified atom stereocenters. The van der Waals surface area contributed by atoms with Gasteiger partial charge in [-0.3, -0.25) is 10.2 Å². The number of hydrogen-bond acceptors (Lipinski definition) is 5. The van der Waals surface area contributed by atoms with Gasteiger partial charge in [0.2, 0.25) is 4.77 Å². The molecule has 2 rings (SSSR count). The number of rotatable bonds is 4. The van der Waals surface area contributed by atoms with E-state index in [-0.39, 0.29) is 0 Å². The van der Waals surface area contributed by atoms with Gasteiger partial charge in [0.1, 0.15) is 5.69 Å². The molecule has 0 aromatic carbocycles. The minimum atomic E-state index is 0.456. The Morgan fingerprint density at radius 1 is 1.38 bits per heavy atom. The van der Waals surface area contributed by atoms with Crippen LogP contribution in [0.1, 0.15) is 5.01 Å². The maximum absolute atomic E-state index is 4.90. The van der Waals surface area contributed by atoms with Gasteiger partial charge in [0.25, 0.3) is 0 Å². The molecule has 0 amide bonds. The fourth-order valence-corrected chi connectivity index (χ4v) is 2.16. The van der Waals surface area contributed by atoms with E-state index >= 15 is 0 Å². The van der Waals surface area contributed by atoms with E-state index in [1.165, 1.54) is 0 Å². The van der Waals surface area contributed by atoms with Crippen molar-refractivity contribution in [1.82, 2.24) is 25.1 Å². The van der Waals surface area contributed by atoms with Crippen molar-refractivity contribution in [3.05, 3.63) is 15.2 Å². The van der Waals surface area contributed by atoms with Crippen molar-refractivity contribution < 1.29 is 0 Å². The van der Waals surface area contributed by atoms with Crippen molar-refractivity contribution in [2.24, 2.45) is 0 Å². The molecule has 2 aromatic heterocycles. The predicted octanol–water partition coefficient (Wildman–Crippen LogP) is 1.69. The average Bonchev–Trinajstić information content (AvgIpc) is 2.83. The summed E-state index contributed by atoms with van der Waals surface area (Å²) < 4.78 is 0.456. The summed E-state index contributed by atoms with van der Waals surface area (Å²) in [7, 11) is 4.11. The lowest BCUT2D eigenvalue weighted by Gasteiger charge is -2.06. The van der Waals surface area contributed by atoms with E-state index in [0.29, 0.717) is 10.6 Å². The molecule has 86 valence electrons. The number of aromatic nitrogens is 4. The summed E-state index contributed by atoms with van der Waals surface area (Å²) in [4.78, 5) is 10.8. The van der Waals surface area contributed by atoms with Gasteiger partial charge in [0, 0.05) is 18.3 Å². The lowest BCUT2D eigenvalue weighted by molar-refractivity contribution is 0.413. The molecule has 0 atom stereocenters. The van der Waals surface area contributed by atoms with Gasteiger partial charge in [0.15, 0.2) is 5.82 Å². The second-order valence-electron chi connectivity index (χ2n) is 3.70. The second-order valence-corrected chi connectivity index (χ2v) is 5.02. The summed E-state index contributed by atoms with van der Waals surface area (Å²) in [5.74, 6) is 0.706. The third-order valence-corrected chi connectivity index (χ3v) is 3.17. The smallest absolute Gasteiger partial charge is 0.213 e. The maximum Gasteiger partial charge on any atom is 0.213 e. The van der Waals surface area contributed by atoms with Crippen molar-refractivity contribution >= 4 is 23.6 Å². The van der Waals surface area contributed by atoms with Crippen LogP contribution >= 0.6 is 23.6 Å². The normalized spacial score (nSPS) is 11.2. The van der Waals surface area contributed by atoms with Crippen LogP contribution in [-0.4, -0.2) is 45.7 Å². The Hall–Kier alpha value is -1.05. The zero-order valence-electron chi connectivity index (χ0n) is 9.15. The summed E-state index contributed by atoms with van der Waals surface area (Å²) in [6.45, 7) is 1.00. The largest absolute Gasteiger partial charge is 0.309 e. The number of nitrogens with zero attached hydrogens (tertiary/aromatic N) is 3. The molecule has 0 saturated carbocycles. The quantitative estimate of drug-likeness (QED) is 0.816. The molecule has 2 N–H and O–H groups in total. The van der Waals surface area contributed by atoms with Crippen LogP contribution in [0.5, 0.6) is 0 Å². The molecule has 0 bridgehead atoms. The maximum atomic E-state index is 4.90. The SMILES string of the molecule is CN(C)CCc1nc(-c2nc(=S)[nH][nH]2)cs1. The van der Waals surface area contributed by atoms with E-state index < -0.39 is 0 Å². The molecule has 2 aromatic rings. The highest BCUT2D eigenvalue weighted by Gasteiger charge is 2.07. The Kier molecular flexibility index (Phi) is 3.47. The van der Waals surface area contributed by atoms with E-state index in [4.69, 9.17) is 12.2 Å². The summed E-state index contributed by atoms with van der Waals surface area (Å²) in [6, 6.07) is 0. The van der Waals surface area contributed by atoms with Gasteiger partial charge < -0.3 is 4.90 Å². The molecule has 0 fully saturated rings. The number of aromatic amines is 2. The molecule has 0 aliphatic rings. The van der Waals surface area contributed by atoms with E-state index in [1.807, 2.05) is 5.38 Å². The molecular formula is C9H13N5S2. The minimum absolute atomic E-state index is 0.456. The highest BCUT2D eigenvalue weighted by molar-refractivity contribution is 7.71. The van der Waals surface area contributed by atoms with Crippen LogP contribution in [-0.2, 0) is 6.42 Å². The van der Waals surface area contributed by atoms with Crippen LogP contribution in [0.2, 0.25) is 0 Å². The molecule has 16 heavy (non-hydrogen) atoms. The Morgan fingerprint density at radius 3 is 2.81 bits per heavy atom. The average molecular weight is 255 g/mol. The number of hydrogen-bond donors (Lipinski definition) is 2. The van der Waals surface area contributed by atoms with E-state index in [2.05, 4.69) is 39.2 Å². The summed E-state index contributed by atoms with van der Waals surface area (Å²) in [5.41, 5.74) is 0.853. The van der Waals surface area contributed by atoms with Crippen molar-refractivity contribution in [2.45, 2.75) is 6.42 Å². The first-order chi connectivity index (χ1) is 7.65. The molecule has 2 heterocycles. The first-order valence-electron chi connectivity index (χ1n) is 4.89. The molecule has 0 aliphatic carbocycles. The molecule has 0 radical (unpaired) electrons. The topological polar surface area (TPSA) is 60.6 Å². The molecule has 0 spiro atoms. The molecule has 7 heteroatoms. The van der Waals surface area contributed by atoms with Crippen LogP contribution in [0, 0.1) is 4.77 Å². The lowest BCUT2D eigenvalue weighted by atomic mass is 10.4. The standard InChI is InChI=1S/C9H13N5S2/c1-14(2)4-3-7-10-6(5-16-7)8-11-9(15)13-12-8/h5H,3-4H2,1-2H3,(H2,11,12,13,15). The van der Waals surface area contributed by atoms with Crippen LogP contribution < -0.4 is 0 Å². The van der Waals surface area contributed by atoms with Crippen molar-refractivity contribution in [2.75, 3.05) is 20.6 Å². The predicted molar refractivity (Wildman–Crippen MR) is 67.1 cm³/mol. The van der Waals surface area contributed by atoms with E-state index in [1.54, 1.807) is 11.3 Å². The van der Waals surface area contributed by atoms with E-state index in [0.717, 1.165) is 23.7 Å². The first-order valence-corrected chi connectivity index (χ1v) is 6.18. The highest BCUT2D eigenvalue weighted by Crippen LogP contribution is 2.18. The summed E-state index contributed by atoms with van der Waals surface area (Å²) in [6.07, 6.45) is 0.961. The van der Waals surface area contributed by atoms with Gasteiger partial charge in [-0.05, 0) is 26.3 Å². The number of thiazole rings is 1. The van der Waals surface area contributed by atoms with Gasteiger partial charge in [-0.1, -0.05) is 0 Å². The third kappa shape index (κ3) is 2.75. The monoisotopic (exact) mass is 255 g/mol. The van der Waals surface area contributed by atoms with Crippen molar-refractivity contribution in [1.29, 1.82) is 0 Å². The van der Waals surface area contributed by atoms with Crippen LogP contribution in [0.4, 0.5) is 0 Å². The highest BCUT2D eigenvalue weighted by atomic mass is 32.1. The van der Waals surface area contributed by atoms with Crippen LogP contribution in [0.15, 0.2) is 5.38 Å².